The molecule has 0 radical (unpaired) electrons. The molecule has 0 saturated heterocycles. The Morgan fingerprint density at radius 2 is 1.60 bits per heavy atom. The van der Waals surface area contributed by atoms with E-state index in [1.165, 1.54) is 0 Å². The molecule has 0 saturated carbocycles. The van der Waals surface area contributed by atoms with Crippen LogP contribution in [0.5, 0.6) is 5.75 Å². The van der Waals surface area contributed by atoms with Crippen LogP contribution in [0.3, 0.4) is 0 Å². The third-order valence-corrected chi connectivity index (χ3v) is 5.10. The Balaban J connectivity index is 1.68. The van der Waals surface area contributed by atoms with E-state index in [0.717, 1.165) is 28.7 Å². The molecule has 2 atom stereocenters. The molecule has 0 bridgehead atoms. The number of ether oxygens (including phenoxy) is 1. The highest BCUT2D eigenvalue weighted by Crippen LogP contribution is 2.36. The van der Waals surface area contributed by atoms with Crippen molar-refractivity contribution in [2.24, 2.45) is 0 Å². The van der Waals surface area contributed by atoms with Gasteiger partial charge in [-0.15, -0.1) is 0 Å². The number of benzene rings is 2. The maximum Gasteiger partial charge on any atom is 0.128 e. The molecule has 0 fully saturated rings. The number of alkyl halides is 1. The van der Waals surface area contributed by atoms with Gasteiger partial charge in [0.05, 0.1) is 10.7 Å². The summed E-state index contributed by atoms with van der Waals surface area (Å²) in [5, 5.41) is 0. The molecular formula is C21H18BrNO2. The van der Waals surface area contributed by atoms with Gasteiger partial charge in [-0.05, 0) is 41.0 Å². The number of aromatic nitrogens is 1. The lowest BCUT2D eigenvalue weighted by Gasteiger charge is -2.18. The minimum absolute atomic E-state index is 0.0934. The predicted octanol–water partition coefficient (Wildman–Crippen LogP) is 5.08. The molecule has 4 heteroatoms. The van der Waals surface area contributed by atoms with Crippen molar-refractivity contribution in [3.8, 4) is 5.75 Å². The monoisotopic (exact) mass is 395 g/mol. The Kier molecular flexibility index (Phi) is 5.96. The van der Waals surface area contributed by atoms with Gasteiger partial charge in [0.15, 0.2) is 0 Å². The van der Waals surface area contributed by atoms with E-state index in [9.17, 15) is 4.79 Å². The van der Waals surface area contributed by atoms with Crippen molar-refractivity contribution in [3.05, 3.63) is 95.8 Å². The van der Waals surface area contributed by atoms with Crippen molar-refractivity contribution < 1.29 is 9.53 Å². The van der Waals surface area contributed by atoms with Gasteiger partial charge in [0.25, 0.3) is 0 Å². The minimum atomic E-state index is -0.273. The van der Waals surface area contributed by atoms with Gasteiger partial charge in [-0.25, -0.2) is 0 Å². The van der Waals surface area contributed by atoms with E-state index in [2.05, 4.69) is 20.9 Å². The van der Waals surface area contributed by atoms with E-state index < -0.39 is 0 Å². The summed E-state index contributed by atoms with van der Waals surface area (Å²) < 4.78 is 5.80. The number of pyridine rings is 1. The van der Waals surface area contributed by atoms with Crippen molar-refractivity contribution in [1.29, 1.82) is 0 Å². The summed E-state index contributed by atoms with van der Waals surface area (Å²) >= 11 is 3.64. The number of nitrogens with zero attached hydrogens (tertiary/aromatic N) is 1. The van der Waals surface area contributed by atoms with Crippen LogP contribution in [0, 0.1) is 0 Å². The zero-order chi connectivity index (χ0) is 17.5. The van der Waals surface area contributed by atoms with E-state index in [1.54, 1.807) is 12.4 Å². The van der Waals surface area contributed by atoms with E-state index in [-0.39, 0.29) is 10.7 Å². The van der Waals surface area contributed by atoms with Crippen LogP contribution in [-0.4, -0.2) is 11.3 Å². The zero-order valence-corrected chi connectivity index (χ0v) is 15.2. The average molecular weight is 396 g/mol. The fraction of sp³-hybridized carbons (Fsp3) is 0.143. The van der Waals surface area contributed by atoms with Crippen LogP contribution >= 0.6 is 15.9 Å². The van der Waals surface area contributed by atoms with Gasteiger partial charge in [0.1, 0.15) is 18.6 Å². The number of hydrogen-bond donors (Lipinski definition) is 0. The molecule has 2 unspecified atom stereocenters. The predicted molar refractivity (Wildman–Crippen MR) is 102 cm³/mol. The normalized spacial score (nSPS) is 13.0. The summed E-state index contributed by atoms with van der Waals surface area (Å²) in [6, 6.07) is 21.5. The maximum absolute atomic E-state index is 11.6. The van der Waals surface area contributed by atoms with Gasteiger partial charge in [0, 0.05) is 12.4 Å². The van der Waals surface area contributed by atoms with Gasteiger partial charge >= 0.3 is 0 Å². The summed E-state index contributed by atoms with van der Waals surface area (Å²) in [5.41, 5.74) is 3.09. The van der Waals surface area contributed by atoms with E-state index in [0.29, 0.717) is 6.61 Å². The molecule has 1 aromatic heterocycles. The molecule has 3 rings (SSSR count). The quantitative estimate of drug-likeness (QED) is 0.413. The molecule has 1 heterocycles. The van der Waals surface area contributed by atoms with Crippen molar-refractivity contribution in [3.63, 3.8) is 0 Å². The summed E-state index contributed by atoms with van der Waals surface area (Å²) in [5.74, 6) is 0.512. The molecule has 0 N–H and O–H groups in total. The van der Waals surface area contributed by atoms with Crippen LogP contribution in [0.4, 0.5) is 0 Å². The van der Waals surface area contributed by atoms with Crippen LogP contribution in [0.25, 0.3) is 0 Å². The van der Waals surface area contributed by atoms with Gasteiger partial charge < -0.3 is 9.53 Å². The largest absolute Gasteiger partial charge is 0.489 e. The Morgan fingerprint density at radius 1 is 0.920 bits per heavy atom. The fourth-order valence-electron chi connectivity index (χ4n) is 2.60. The number of carbonyl (C=O) groups is 1. The standard InChI is InChI=1S/C21H18BrNO2/c22-21(18-10-12-23-13-11-18)20(14-24)17-6-8-19(9-7-17)25-15-16-4-2-1-3-5-16/h1-14,20-21H,15H2. The summed E-state index contributed by atoms with van der Waals surface area (Å²) in [6.45, 7) is 0.523. The molecule has 126 valence electrons. The zero-order valence-electron chi connectivity index (χ0n) is 13.6. The van der Waals surface area contributed by atoms with Gasteiger partial charge in [-0.1, -0.05) is 58.4 Å². The molecule has 2 aromatic carbocycles. The van der Waals surface area contributed by atoms with Crippen LogP contribution < -0.4 is 4.74 Å². The molecule has 3 nitrogen and oxygen atoms in total. The second-order valence-corrected chi connectivity index (χ2v) is 6.67. The van der Waals surface area contributed by atoms with Crippen molar-refractivity contribution >= 4 is 22.2 Å². The summed E-state index contributed by atoms with van der Waals surface area (Å²) in [6.07, 6.45) is 4.43. The Labute approximate surface area is 155 Å². The number of hydrogen-bond acceptors (Lipinski definition) is 3. The SMILES string of the molecule is O=CC(c1ccc(OCc2ccccc2)cc1)C(Br)c1ccncc1. The highest BCUT2D eigenvalue weighted by atomic mass is 79.9. The Hall–Kier alpha value is -2.46. The highest BCUT2D eigenvalue weighted by molar-refractivity contribution is 9.09. The second-order valence-electron chi connectivity index (χ2n) is 5.69. The van der Waals surface area contributed by atoms with Crippen LogP contribution in [0.2, 0.25) is 0 Å². The number of carbonyl (C=O) groups excluding carboxylic acids is 1. The number of rotatable bonds is 7. The van der Waals surface area contributed by atoms with Crippen molar-refractivity contribution in [2.75, 3.05) is 0 Å². The first-order valence-corrected chi connectivity index (χ1v) is 8.95. The van der Waals surface area contributed by atoms with Gasteiger partial charge in [0.2, 0.25) is 0 Å². The first-order chi connectivity index (χ1) is 12.3. The molecular weight excluding hydrogens is 378 g/mol. The molecule has 0 aliphatic carbocycles. The molecule has 0 aliphatic heterocycles. The lowest BCUT2D eigenvalue weighted by Crippen LogP contribution is -2.07. The minimum Gasteiger partial charge on any atom is -0.489 e. The highest BCUT2D eigenvalue weighted by Gasteiger charge is 2.22. The topological polar surface area (TPSA) is 39.2 Å². The van der Waals surface area contributed by atoms with Gasteiger partial charge in [-0.2, -0.15) is 0 Å². The van der Waals surface area contributed by atoms with E-state index in [1.807, 2.05) is 66.7 Å². The van der Waals surface area contributed by atoms with Crippen molar-refractivity contribution in [1.82, 2.24) is 4.98 Å². The fourth-order valence-corrected chi connectivity index (χ4v) is 3.33. The lowest BCUT2D eigenvalue weighted by atomic mass is 9.93. The third-order valence-electron chi connectivity index (χ3n) is 4.00. The molecule has 0 spiro atoms. The summed E-state index contributed by atoms with van der Waals surface area (Å²) in [4.78, 5) is 15.6. The van der Waals surface area contributed by atoms with Crippen LogP contribution in [0.1, 0.15) is 27.4 Å². The second kappa shape index (κ2) is 8.58. The molecule has 3 aromatic rings. The Morgan fingerprint density at radius 3 is 2.24 bits per heavy atom. The van der Waals surface area contributed by atoms with Crippen LogP contribution in [0.15, 0.2) is 79.1 Å². The van der Waals surface area contributed by atoms with Crippen molar-refractivity contribution in [2.45, 2.75) is 17.4 Å². The molecule has 0 aliphatic rings. The van der Waals surface area contributed by atoms with E-state index >= 15 is 0 Å². The number of halogens is 1. The summed E-state index contributed by atoms with van der Waals surface area (Å²) in [7, 11) is 0. The lowest BCUT2D eigenvalue weighted by molar-refractivity contribution is -0.109. The molecule has 0 amide bonds. The average Bonchev–Trinajstić information content (AvgIpc) is 2.69. The first kappa shape index (κ1) is 17.4. The number of aldehydes is 1. The van der Waals surface area contributed by atoms with Gasteiger partial charge in [-0.3, -0.25) is 4.98 Å². The third kappa shape index (κ3) is 4.54. The Bertz CT molecular complexity index is 791. The maximum atomic E-state index is 11.6. The van der Waals surface area contributed by atoms with E-state index in [4.69, 9.17) is 4.74 Å². The smallest absolute Gasteiger partial charge is 0.128 e. The van der Waals surface area contributed by atoms with Crippen LogP contribution in [-0.2, 0) is 11.4 Å². The molecule has 25 heavy (non-hydrogen) atoms. The first-order valence-electron chi connectivity index (χ1n) is 8.04.